The van der Waals surface area contributed by atoms with Crippen molar-refractivity contribution in [3.8, 4) is 0 Å². The van der Waals surface area contributed by atoms with Crippen LogP contribution in [0, 0.1) is 5.41 Å². The van der Waals surface area contributed by atoms with Gasteiger partial charge in [0.05, 0.1) is 0 Å². The fourth-order valence-electron chi connectivity index (χ4n) is 2.99. The summed E-state index contributed by atoms with van der Waals surface area (Å²) in [6, 6.07) is 5.64. The summed E-state index contributed by atoms with van der Waals surface area (Å²) in [5.74, 6) is 0. The number of nitrogens with one attached hydrogen (secondary N) is 1. The minimum Gasteiger partial charge on any atom is -0.396 e. The Morgan fingerprint density at radius 3 is 2.55 bits per heavy atom. The molecule has 0 unspecified atom stereocenters. The minimum atomic E-state index is 0.0992. The number of aliphatic hydroxyl groups is 1. The topological polar surface area (TPSA) is 32.3 Å². The molecule has 1 saturated carbocycles. The Bertz CT molecular complexity index is 430. The fraction of sp³-hybridized carbons (Fsp3) is 0.625. The maximum atomic E-state index is 9.66. The molecule has 1 aliphatic rings. The van der Waals surface area contributed by atoms with Crippen molar-refractivity contribution in [2.24, 2.45) is 5.41 Å². The molecule has 1 aromatic carbocycles. The number of hydrogen-bond acceptors (Lipinski definition) is 2. The van der Waals surface area contributed by atoms with Crippen LogP contribution in [-0.4, -0.2) is 24.8 Å². The van der Waals surface area contributed by atoms with Gasteiger partial charge in [0.15, 0.2) is 0 Å². The van der Waals surface area contributed by atoms with Gasteiger partial charge in [-0.15, -0.1) is 0 Å². The van der Waals surface area contributed by atoms with Crippen LogP contribution in [0.25, 0.3) is 0 Å². The molecule has 4 heteroatoms. The maximum absolute atomic E-state index is 9.66. The lowest BCUT2D eigenvalue weighted by atomic mass is 9.74. The molecular formula is C16H23Cl2NO. The molecule has 0 heterocycles. The fourth-order valence-corrected chi connectivity index (χ4v) is 3.50. The van der Waals surface area contributed by atoms with Crippen LogP contribution in [0.4, 0.5) is 0 Å². The molecule has 0 saturated heterocycles. The van der Waals surface area contributed by atoms with Gasteiger partial charge in [-0.3, -0.25) is 0 Å². The van der Waals surface area contributed by atoms with E-state index < -0.39 is 0 Å². The van der Waals surface area contributed by atoms with E-state index in [0.717, 1.165) is 42.9 Å². The standard InChI is InChI=1S/C16H23Cl2NO/c17-14-5-4-13(15(18)10-14)6-9-19-11-16(12-20)7-2-1-3-8-16/h4-5,10,19-20H,1-3,6-9,11-12H2. The summed E-state index contributed by atoms with van der Waals surface area (Å²) in [6.45, 7) is 2.07. The second kappa shape index (κ2) is 7.65. The third-order valence-electron chi connectivity index (χ3n) is 4.34. The molecular weight excluding hydrogens is 293 g/mol. The zero-order valence-corrected chi connectivity index (χ0v) is 13.3. The van der Waals surface area contributed by atoms with E-state index in [9.17, 15) is 5.11 Å². The maximum Gasteiger partial charge on any atom is 0.0499 e. The molecule has 1 aromatic rings. The van der Waals surface area contributed by atoms with Crippen molar-refractivity contribution in [1.29, 1.82) is 0 Å². The molecule has 2 nitrogen and oxygen atoms in total. The summed E-state index contributed by atoms with van der Waals surface area (Å²) < 4.78 is 0. The molecule has 0 aliphatic heterocycles. The molecule has 0 bridgehead atoms. The highest BCUT2D eigenvalue weighted by atomic mass is 35.5. The smallest absolute Gasteiger partial charge is 0.0499 e. The highest BCUT2D eigenvalue weighted by molar-refractivity contribution is 6.35. The molecule has 0 amide bonds. The van der Waals surface area contributed by atoms with Crippen molar-refractivity contribution >= 4 is 23.2 Å². The van der Waals surface area contributed by atoms with Crippen LogP contribution in [0.1, 0.15) is 37.7 Å². The van der Waals surface area contributed by atoms with E-state index in [1.807, 2.05) is 12.1 Å². The summed E-state index contributed by atoms with van der Waals surface area (Å²) in [4.78, 5) is 0. The van der Waals surface area contributed by atoms with Crippen molar-refractivity contribution in [3.63, 3.8) is 0 Å². The highest BCUT2D eigenvalue weighted by Gasteiger charge is 2.30. The van der Waals surface area contributed by atoms with Gasteiger partial charge in [0, 0.05) is 28.6 Å². The van der Waals surface area contributed by atoms with Gasteiger partial charge in [-0.05, 0) is 43.5 Å². The quantitative estimate of drug-likeness (QED) is 0.776. The van der Waals surface area contributed by atoms with E-state index >= 15 is 0 Å². The third kappa shape index (κ3) is 4.36. The van der Waals surface area contributed by atoms with Crippen molar-refractivity contribution in [2.75, 3.05) is 19.7 Å². The SMILES string of the molecule is OCC1(CNCCc2ccc(Cl)cc2Cl)CCCCC1. The lowest BCUT2D eigenvalue weighted by molar-refractivity contribution is 0.0816. The molecule has 2 N–H and O–H groups in total. The molecule has 0 atom stereocenters. The molecule has 1 aliphatic carbocycles. The lowest BCUT2D eigenvalue weighted by Gasteiger charge is -2.35. The largest absolute Gasteiger partial charge is 0.396 e. The van der Waals surface area contributed by atoms with Crippen LogP contribution >= 0.6 is 23.2 Å². The Hall–Kier alpha value is -0.280. The number of halogens is 2. The molecule has 0 spiro atoms. The number of hydrogen-bond donors (Lipinski definition) is 2. The summed E-state index contributed by atoms with van der Waals surface area (Å²) in [6.07, 6.45) is 6.95. The first kappa shape index (κ1) is 16.1. The van der Waals surface area contributed by atoms with Gasteiger partial charge in [-0.25, -0.2) is 0 Å². The van der Waals surface area contributed by atoms with Crippen LogP contribution in [0.2, 0.25) is 10.0 Å². The summed E-state index contributed by atoms with van der Waals surface area (Å²) in [5.41, 5.74) is 1.22. The Labute approximate surface area is 131 Å². The van der Waals surface area contributed by atoms with Crippen LogP contribution in [0.5, 0.6) is 0 Å². The summed E-state index contributed by atoms with van der Waals surface area (Å²) in [5, 5.41) is 14.5. The number of aliphatic hydroxyl groups excluding tert-OH is 1. The van der Waals surface area contributed by atoms with Crippen molar-refractivity contribution in [2.45, 2.75) is 38.5 Å². The summed E-state index contributed by atoms with van der Waals surface area (Å²) >= 11 is 12.0. The zero-order chi connectivity index (χ0) is 14.4. The number of rotatable bonds is 6. The average Bonchev–Trinajstić information content (AvgIpc) is 2.46. The molecule has 0 radical (unpaired) electrons. The van der Waals surface area contributed by atoms with E-state index in [1.165, 1.54) is 19.3 Å². The van der Waals surface area contributed by atoms with E-state index in [0.29, 0.717) is 11.6 Å². The lowest BCUT2D eigenvalue weighted by Crippen LogP contribution is -2.39. The zero-order valence-electron chi connectivity index (χ0n) is 11.8. The Kier molecular flexibility index (Phi) is 6.16. The Morgan fingerprint density at radius 1 is 1.15 bits per heavy atom. The first-order valence-electron chi connectivity index (χ1n) is 7.41. The van der Waals surface area contributed by atoms with Crippen LogP contribution in [-0.2, 0) is 6.42 Å². The highest BCUT2D eigenvalue weighted by Crippen LogP contribution is 2.35. The van der Waals surface area contributed by atoms with E-state index in [-0.39, 0.29) is 5.41 Å². The molecule has 112 valence electrons. The van der Waals surface area contributed by atoms with Crippen molar-refractivity contribution in [1.82, 2.24) is 5.32 Å². The van der Waals surface area contributed by atoms with Crippen molar-refractivity contribution < 1.29 is 5.11 Å². The van der Waals surface area contributed by atoms with E-state index in [2.05, 4.69) is 5.32 Å². The van der Waals surface area contributed by atoms with Crippen LogP contribution in [0.3, 0.4) is 0 Å². The molecule has 0 aromatic heterocycles. The second-order valence-corrected chi connectivity index (χ2v) is 6.72. The molecule has 2 rings (SSSR count). The first-order chi connectivity index (χ1) is 9.65. The summed E-state index contributed by atoms with van der Waals surface area (Å²) in [7, 11) is 0. The van der Waals surface area contributed by atoms with Gasteiger partial charge >= 0.3 is 0 Å². The van der Waals surface area contributed by atoms with Gasteiger partial charge < -0.3 is 10.4 Å². The monoisotopic (exact) mass is 315 g/mol. The van der Waals surface area contributed by atoms with Crippen LogP contribution < -0.4 is 5.32 Å². The van der Waals surface area contributed by atoms with Gasteiger partial charge in [-0.2, -0.15) is 0 Å². The van der Waals surface area contributed by atoms with Gasteiger partial charge in [-0.1, -0.05) is 48.5 Å². The third-order valence-corrected chi connectivity index (χ3v) is 4.92. The van der Waals surface area contributed by atoms with Gasteiger partial charge in [0.1, 0.15) is 0 Å². The Morgan fingerprint density at radius 2 is 1.90 bits per heavy atom. The van der Waals surface area contributed by atoms with Crippen LogP contribution in [0.15, 0.2) is 18.2 Å². The second-order valence-electron chi connectivity index (χ2n) is 5.88. The normalized spacial score (nSPS) is 18.1. The minimum absolute atomic E-state index is 0.0992. The van der Waals surface area contributed by atoms with Gasteiger partial charge in [0.25, 0.3) is 0 Å². The first-order valence-corrected chi connectivity index (χ1v) is 8.16. The van der Waals surface area contributed by atoms with Gasteiger partial charge in [0.2, 0.25) is 0 Å². The molecule has 1 fully saturated rings. The van der Waals surface area contributed by atoms with E-state index in [4.69, 9.17) is 23.2 Å². The number of benzene rings is 1. The van der Waals surface area contributed by atoms with E-state index in [1.54, 1.807) is 6.07 Å². The van der Waals surface area contributed by atoms with Crippen molar-refractivity contribution in [3.05, 3.63) is 33.8 Å². The predicted molar refractivity (Wildman–Crippen MR) is 85.6 cm³/mol. The average molecular weight is 316 g/mol. The molecule has 20 heavy (non-hydrogen) atoms. The Balaban J connectivity index is 1.78. The predicted octanol–water partition coefficient (Wildman–Crippen LogP) is 4.07.